The summed E-state index contributed by atoms with van der Waals surface area (Å²) in [5.41, 5.74) is 4.82. The van der Waals surface area contributed by atoms with Crippen LogP contribution in [-0.4, -0.2) is 18.7 Å². The summed E-state index contributed by atoms with van der Waals surface area (Å²) in [5, 5.41) is 4.43. The number of hydrogen-bond donors (Lipinski definition) is 1. The number of thiazole rings is 1. The number of ether oxygens (including phenoxy) is 2. The zero-order chi connectivity index (χ0) is 17.9. The Labute approximate surface area is 157 Å². The Kier molecular flexibility index (Phi) is 4.80. The van der Waals surface area contributed by atoms with E-state index in [4.69, 9.17) is 14.5 Å². The molecule has 0 atom stereocenters. The van der Waals surface area contributed by atoms with Crippen LogP contribution in [0.15, 0.2) is 42.5 Å². The normalized spacial score (nSPS) is 12.5. The molecule has 4 nitrogen and oxygen atoms in total. The molecule has 3 aromatic rings. The molecule has 1 aliphatic heterocycles. The number of anilines is 1. The minimum atomic E-state index is 0.772. The molecule has 0 aliphatic carbocycles. The lowest BCUT2D eigenvalue weighted by molar-refractivity contribution is 0.357. The van der Waals surface area contributed by atoms with Crippen LogP contribution < -0.4 is 14.8 Å². The second kappa shape index (κ2) is 7.38. The summed E-state index contributed by atoms with van der Waals surface area (Å²) < 4.78 is 11.0. The van der Waals surface area contributed by atoms with Crippen LogP contribution in [0, 0.1) is 6.92 Å². The number of hydrogen-bond acceptors (Lipinski definition) is 5. The largest absolute Gasteiger partial charge is 0.496 e. The molecule has 26 heavy (non-hydrogen) atoms. The van der Waals surface area contributed by atoms with Gasteiger partial charge in [0, 0.05) is 24.3 Å². The van der Waals surface area contributed by atoms with Gasteiger partial charge in [0.2, 0.25) is 0 Å². The van der Waals surface area contributed by atoms with Gasteiger partial charge in [0.05, 0.1) is 19.4 Å². The second-order valence-electron chi connectivity index (χ2n) is 6.41. The molecule has 2 aromatic carbocycles. The molecule has 0 amide bonds. The van der Waals surface area contributed by atoms with Crippen LogP contribution in [0.25, 0.3) is 0 Å². The molecule has 134 valence electrons. The van der Waals surface area contributed by atoms with Gasteiger partial charge < -0.3 is 14.8 Å². The van der Waals surface area contributed by atoms with Crippen molar-refractivity contribution in [2.24, 2.45) is 0 Å². The van der Waals surface area contributed by atoms with E-state index in [1.807, 2.05) is 18.2 Å². The third-order valence-electron chi connectivity index (χ3n) is 4.63. The van der Waals surface area contributed by atoms with E-state index in [1.54, 1.807) is 18.4 Å². The number of para-hydroxylation sites is 1. The SMILES string of the molecule is COc1ccccc1Cc1sc(NCc2ccc3c(c2)CCO3)nc1C. The van der Waals surface area contributed by atoms with Gasteiger partial charge in [-0.05, 0) is 35.7 Å². The van der Waals surface area contributed by atoms with Gasteiger partial charge in [-0.15, -0.1) is 11.3 Å². The molecule has 0 saturated carbocycles. The van der Waals surface area contributed by atoms with Crippen LogP contribution in [-0.2, 0) is 19.4 Å². The first-order valence-electron chi connectivity index (χ1n) is 8.79. The Morgan fingerprint density at radius 2 is 2.12 bits per heavy atom. The lowest BCUT2D eigenvalue weighted by Gasteiger charge is -2.07. The summed E-state index contributed by atoms with van der Waals surface area (Å²) in [5.74, 6) is 1.95. The fourth-order valence-electron chi connectivity index (χ4n) is 3.22. The molecule has 0 saturated heterocycles. The van der Waals surface area contributed by atoms with Crippen molar-refractivity contribution in [1.82, 2.24) is 4.98 Å². The van der Waals surface area contributed by atoms with Gasteiger partial charge in [0.25, 0.3) is 0 Å². The fourth-order valence-corrected chi connectivity index (χ4v) is 4.20. The fraction of sp³-hybridized carbons (Fsp3) is 0.286. The number of nitrogens with zero attached hydrogens (tertiary/aromatic N) is 1. The van der Waals surface area contributed by atoms with Crippen molar-refractivity contribution in [2.45, 2.75) is 26.3 Å². The molecule has 0 radical (unpaired) electrons. The van der Waals surface area contributed by atoms with E-state index in [0.717, 1.165) is 48.3 Å². The third kappa shape index (κ3) is 3.53. The van der Waals surface area contributed by atoms with Gasteiger partial charge >= 0.3 is 0 Å². The van der Waals surface area contributed by atoms with Gasteiger partial charge in [0.1, 0.15) is 11.5 Å². The average Bonchev–Trinajstić information content (AvgIpc) is 3.26. The van der Waals surface area contributed by atoms with Crippen molar-refractivity contribution >= 4 is 16.5 Å². The first kappa shape index (κ1) is 16.9. The summed E-state index contributed by atoms with van der Waals surface area (Å²) >= 11 is 1.72. The van der Waals surface area contributed by atoms with E-state index in [0.29, 0.717) is 0 Å². The molecule has 1 aromatic heterocycles. The van der Waals surface area contributed by atoms with Crippen LogP contribution in [0.3, 0.4) is 0 Å². The number of nitrogens with one attached hydrogen (secondary N) is 1. The van der Waals surface area contributed by atoms with E-state index >= 15 is 0 Å². The minimum Gasteiger partial charge on any atom is -0.496 e. The topological polar surface area (TPSA) is 43.4 Å². The quantitative estimate of drug-likeness (QED) is 0.692. The highest BCUT2D eigenvalue weighted by Gasteiger charge is 2.13. The smallest absolute Gasteiger partial charge is 0.183 e. The first-order chi connectivity index (χ1) is 12.7. The number of methoxy groups -OCH3 is 1. The molecule has 0 fully saturated rings. The molecule has 4 rings (SSSR count). The third-order valence-corrected chi connectivity index (χ3v) is 5.75. The van der Waals surface area contributed by atoms with Crippen LogP contribution >= 0.6 is 11.3 Å². The van der Waals surface area contributed by atoms with E-state index in [-0.39, 0.29) is 0 Å². The maximum atomic E-state index is 5.57. The van der Waals surface area contributed by atoms with E-state index in [1.165, 1.54) is 21.6 Å². The van der Waals surface area contributed by atoms with Crippen molar-refractivity contribution in [1.29, 1.82) is 0 Å². The van der Waals surface area contributed by atoms with Crippen molar-refractivity contribution in [2.75, 3.05) is 19.0 Å². The van der Waals surface area contributed by atoms with Gasteiger partial charge in [-0.25, -0.2) is 4.98 Å². The second-order valence-corrected chi connectivity index (χ2v) is 7.49. The number of fused-ring (bicyclic) bond motifs is 1. The Morgan fingerprint density at radius 1 is 1.23 bits per heavy atom. The average molecular weight is 366 g/mol. The highest BCUT2D eigenvalue weighted by atomic mass is 32.1. The summed E-state index contributed by atoms with van der Waals surface area (Å²) in [4.78, 5) is 5.96. The number of aryl methyl sites for hydroxylation is 1. The molecule has 2 heterocycles. The maximum absolute atomic E-state index is 5.57. The molecule has 0 unspecified atom stereocenters. The van der Waals surface area contributed by atoms with Crippen molar-refractivity contribution in [3.63, 3.8) is 0 Å². The first-order valence-corrected chi connectivity index (χ1v) is 9.61. The number of rotatable bonds is 6. The lowest BCUT2D eigenvalue weighted by Crippen LogP contribution is -1.99. The van der Waals surface area contributed by atoms with Crippen molar-refractivity contribution in [3.8, 4) is 11.5 Å². The summed E-state index contributed by atoms with van der Waals surface area (Å²) in [6.45, 7) is 3.64. The number of aromatic nitrogens is 1. The Bertz CT molecular complexity index is 920. The summed E-state index contributed by atoms with van der Waals surface area (Å²) in [6, 6.07) is 14.6. The van der Waals surface area contributed by atoms with Crippen LogP contribution in [0.2, 0.25) is 0 Å². The Balaban J connectivity index is 1.45. The van der Waals surface area contributed by atoms with Crippen molar-refractivity contribution in [3.05, 3.63) is 69.7 Å². The molecule has 1 aliphatic rings. The van der Waals surface area contributed by atoms with E-state index in [2.05, 4.69) is 36.5 Å². The highest BCUT2D eigenvalue weighted by molar-refractivity contribution is 7.15. The Morgan fingerprint density at radius 3 is 3.00 bits per heavy atom. The van der Waals surface area contributed by atoms with E-state index < -0.39 is 0 Å². The van der Waals surface area contributed by atoms with Crippen LogP contribution in [0.5, 0.6) is 11.5 Å². The molecular weight excluding hydrogens is 344 g/mol. The van der Waals surface area contributed by atoms with Gasteiger partial charge in [-0.2, -0.15) is 0 Å². The highest BCUT2D eigenvalue weighted by Crippen LogP contribution is 2.30. The zero-order valence-electron chi connectivity index (χ0n) is 15.0. The predicted molar refractivity (Wildman–Crippen MR) is 106 cm³/mol. The number of benzene rings is 2. The molecule has 5 heteroatoms. The van der Waals surface area contributed by atoms with Crippen LogP contribution in [0.1, 0.15) is 27.3 Å². The van der Waals surface area contributed by atoms with Gasteiger partial charge in [0.15, 0.2) is 5.13 Å². The van der Waals surface area contributed by atoms with Gasteiger partial charge in [-0.3, -0.25) is 0 Å². The van der Waals surface area contributed by atoms with Gasteiger partial charge in [-0.1, -0.05) is 30.3 Å². The Hall–Kier alpha value is -2.53. The molecule has 1 N–H and O–H groups in total. The minimum absolute atomic E-state index is 0.772. The van der Waals surface area contributed by atoms with Crippen LogP contribution in [0.4, 0.5) is 5.13 Å². The summed E-state index contributed by atoms with van der Waals surface area (Å²) in [7, 11) is 1.72. The monoisotopic (exact) mass is 366 g/mol. The lowest BCUT2D eigenvalue weighted by atomic mass is 10.1. The standard InChI is InChI=1S/C21H22N2O2S/c1-14-20(12-16-5-3-4-6-18(16)24-2)26-21(23-14)22-13-15-7-8-19-17(11-15)9-10-25-19/h3-8,11H,9-10,12-13H2,1-2H3,(H,22,23). The predicted octanol–water partition coefficient (Wildman–Crippen LogP) is 4.60. The maximum Gasteiger partial charge on any atom is 0.183 e. The molecular formula is C21H22N2O2S. The molecule has 0 bridgehead atoms. The molecule has 0 spiro atoms. The summed E-state index contributed by atoms with van der Waals surface area (Å²) in [6.07, 6.45) is 1.84. The zero-order valence-corrected chi connectivity index (χ0v) is 15.9. The van der Waals surface area contributed by atoms with E-state index in [9.17, 15) is 0 Å². The van der Waals surface area contributed by atoms with Crippen molar-refractivity contribution < 1.29 is 9.47 Å².